The van der Waals surface area contributed by atoms with Crippen LogP contribution in [0.25, 0.3) is 0 Å². The molecule has 0 radical (unpaired) electrons. The van der Waals surface area contributed by atoms with Gasteiger partial charge < -0.3 is 9.47 Å². The molecule has 0 fully saturated rings. The van der Waals surface area contributed by atoms with E-state index in [1.807, 2.05) is 13.8 Å². The number of non-ortho nitro benzene ring substituents is 1. The van der Waals surface area contributed by atoms with Gasteiger partial charge in [-0.15, -0.1) is 0 Å². The van der Waals surface area contributed by atoms with E-state index in [1.54, 1.807) is 12.1 Å². The van der Waals surface area contributed by atoms with E-state index >= 15 is 0 Å². The van der Waals surface area contributed by atoms with Gasteiger partial charge in [-0.1, -0.05) is 26.0 Å². The van der Waals surface area contributed by atoms with Crippen molar-refractivity contribution in [2.24, 2.45) is 5.92 Å². The minimum Gasteiger partial charge on any atom is -0.462 e. The molecule has 0 saturated carbocycles. The molecule has 26 heavy (non-hydrogen) atoms. The van der Waals surface area contributed by atoms with Crippen LogP contribution in [0.3, 0.4) is 0 Å². The second-order valence-electron chi connectivity index (χ2n) is 6.04. The number of nitro groups is 1. The molecular formula is C19H19NO6. The molecule has 2 aromatic rings. The molecule has 0 unspecified atom stereocenters. The molecule has 0 saturated heterocycles. The van der Waals surface area contributed by atoms with Crippen molar-refractivity contribution in [3.8, 4) is 0 Å². The van der Waals surface area contributed by atoms with Crippen LogP contribution < -0.4 is 0 Å². The second-order valence-corrected chi connectivity index (χ2v) is 6.04. The summed E-state index contributed by atoms with van der Waals surface area (Å²) in [4.78, 5) is 34.6. The zero-order valence-corrected chi connectivity index (χ0v) is 14.5. The molecular weight excluding hydrogens is 338 g/mol. The SMILES string of the molecule is CC(C)COC(=O)c1ccccc1C(=O)OCc1ccc([N+](=O)[O-])cc1. The number of nitrogens with zero attached hydrogens (tertiary/aromatic N) is 1. The number of esters is 2. The number of nitro benzene ring substituents is 1. The Bertz CT molecular complexity index is 798. The van der Waals surface area contributed by atoms with Crippen LogP contribution >= 0.6 is 0 Å². The van der Waals surface area contributed by atoms with Gasteiger partial charge in [0, 0.05) is 12.1 Å². The quantitative estimate of drug-likeness (QED) is 0.425. The minimum atomic E-state index is -0.666. The summed E-state index contributed by atoms with van der Waals surface area (Å²) >= 11 is 0. The first-order valence-corrected chi connectivity index (χ1v) is 8.05. The van der Waals surface area contributed by atoms with Gasteiger partial charge in [-0.3, -0.25) is 10.1 Å². The van der Waals surface area contributed by atoms with Crippen molar-refractivity contribution >= 4 is 17.6 Å². The predicted molar refractivity (Wildman–Crippen MR) is 93.8 cm³/mol. The molecule has 7 heteroatoms. The topological polar surface area (TPSA) is 95.7 Å². The van der Waals surface area contributed by atoms with Crippen LogP contribution in [0.2, 0.25) is 0 Å². The lowest BCUT2D eigenvalue weighted by molar-refractivity contribution is -0.384. The Hall–Kier alpha value is -3.22. The molecule has 136 valence electrons. The molecule has 0 amide bonds. The van der Waals surface area contributed by atoms with Gasteiger partial charge in [-0.2, -0.15) is 0 Å². The van der Waals surface area contributed by atoms with Gasteiger partial charge in [0.15, 0.2) is 0 Å². The first-order chi connectivity index (χ1) is 12.4. The summed E-state index contributed by atoms with van der Waals surface area (Å²) in [7, 11) is 0. The first-order valence-electron chi connectivity index (χ1n) is 8.05. The Morgan fingerprint density at radius 3 is 2.00 bits per heavy atom. The Kier molecular flexibility index (Phi) is 6.43. The highest BCUT2D eigenvalue weighted by atomic mass is 16.6. The van der Waals surface area contributed by atoms with Gasteiger partial charge >= 0.3 is 11.9 Å². The summed E-state index contributed by atoms with van der Waals surface area (Å²) in [5.74, 6) is -1.07. The van der Waals surface area contributed by atoms with Crippen molar-refractivity contribution in [1.29, 1.82) is 0 Å². The average Bonchev–Trinajstić information content (AvgIpc) is 2.64. The van der Waals surface area contributed by atoms with Crippen LogP contribution in [0.5, 0.6) is 0 Å². The molecule has 0 aliphatic rings. The maximum atomic E-state index is 12.3. The summed E-state index contributed by atoms with van der Waals surface area (Å²) < 4.78 is 10.4. The lowest BCUT2D eigenvalue weighted by Gasteiger charge is -2.11. The predicted octanol–water partition coefficient (Wildman–Crippen LogP) is 3.76. The fourth-order valence-electron chi connectivity index (χ4n) is 2.10. The highest BCUT2D eigenvalue weighted by molar-refractivity contribution is 6.03. The monoisotopic (exact) mass is 357 g/mol. The normalized spacial score (nSPS) is 10.4. The average molecular weight is 357 g/mol. The Labute approximate surface area is 150 Å². The number of benzene rings is 2. The largest absolute Gasteiger partial charge is 0.462 e. The van der Waals surface area contributed by atoms with Gasteiger partial charge in [0.1, 0.15) is 6.61 Å². The first kappa shape index (κ1) is 19.1. The van der Waals surface area contributed by atoms with Crippen molar-refractivity contribution in [2.45, 2.75) is 20.5 Å². The van der Waals surface area contributed by atoms with E-state index in [4.69, 9.17) is 9.47 Å². The van der Waals surface area contributed by atoms with E-state index in [0.29, 0.717) is 5.56 Å². The molecule has 0 spiro atoms. The van der Waals surface area contributed by atoms with Crippen LogP contribution in [0.4, 0.5) is 5.69 Å². The number of carbonyl (C=O) groups excluding carboxylic acids is 2. The molecule has 0 atom stereocenters. The molecule has 2 rings (SSSR count). The molecule has 0 N–H and O–H groups in total. The zero-order chi connectivity index (χ0) is 19.1. The number of hydrogen-bond donors (Lipinski definition) is 0. The molecule has 0 bridgehead atoms. The Morgan fingerprint density at radius 2 is 1.50 bits per heavy atom. The van der Waals surface area contributed by atoms with Crippen LogP contribution in [-0.2, 0) is 16.1 Å². The standard InChI is InChI=1S/C19H19NO6/c1-13(2)11-25-18(21)16-5-3-4-6-17(16)19(22)26-12-14-7-9-15(10-8-14)20(23)24/h3-10,13H,11-12H2,1-2H3. The van der Waals surface area contributed by atoms with Crippen molar-refractivity contribution in [3.63, 3.8) is 0 Å². The smallest absolute Gasteiger partial charge is 0.339 e. The van der Waals surface area contributed by atoms with Crippen LogP contribution in [0.15, 0.2) is 48.5 Å². The number of hydrogen-bond acceptors (Lipinski definition) is 6. The fraction of sp³-hybridized carbons (Fsp3) is 0.263. The summed E-state index contributed by atoms with van der Waals surface area (Å²) in [6, 6.07) is 11.9. The number of ether oxygens (including phenoxy) is 2. The van der Waals surface area contributed by atoms with Gasteiger partial charge in [0.05, 0.1) is 22.7 Å². The Morgan fingerprint density at radius 1 is 0.962 bits per heavy atom. The van der Waals surface area contributed by atoms with Crippen LogP contribution in [-0.4, -0.2) is 23.5 Å². The van der Waals surface area contributed by atoms with Crippen LogP contribution in [0.1, 0.15) is 40.1 Å². The summed E-state index contributed by atoms with van der Waals surface area (Å²) in [5.41, 5.74) is 0.812. The lowest BCUT2D eigenvalue weighted by Crippen LogP contribution is -2.15. The highest BCUT2D eigenvalue weighted by Crippen LogP contribution is 2.16. The van der Waals surface area contributed by atoms with Gasteiger partial charge in [0.2, 0.25) is 0 Å². The summed E-state index contributed by atoms with van der Waals surface area (Å²) in [6.07, 6.45) is 0. The van der Waals surface area contributed by atoms with Crippen molar-refractivity contribution in [2.75, 3.05) is 6.61 Å². The molecule has 0 heterocycles. The second kappa shape index (κ2) is 8.75. The molecule has 7 nitrogen and oxygen atoms in total. The minimum absolute atomic E-state index is 0.0432. The summed E-state index contributed by atoms with van der Waals surface area (Å²) in [6.45, 7) is 4.02. The molecule has 2 aromatic carbocycles. The van der Waals surface area contributed by atoms with Gasteiger partial charge in [-0.25, -0.2) is 9.59 Å². The third-order valence-electron chi connectivity index (χ3n) is 3.43. The van der Waals surface area contributed by atoms with E-state index in [1.165, 1.54) is 36.4 Å². The van der Waals surface area contributed by atoms with Crippen molar-refractivity contribution in [3.05, 3.63) is 75.3 Å². The van der Waals surface area contributed by atoms with E-state index in [-0.39, 0.29) is 35.9 Å². The molecule has 0 aliphatic heterocycles. The van der Waals surface area contributed by atoms with Gasteiger partial charge in [-0.05, 0) is 35.7 Å². The van der Waals surface area contributed by atoms with E-state index in [2.05, 4.69) is 0 Å². The van der Waals surface area contributed by atoms with E-state index in [9.17, 15) is 19.7 Å². The third-order valence-corrected chi connectivity index (χ3v) is 3.43. The molecule has 0 aliphatic carbocycles. The van der Waals surface area contributed by atoms with Crippen LogP contribution in [0, 0.1) is 16.0 Å². The highest BCUT2D eigenvalue weighted by Gasteiger charge is 2.19. The zero-order valence-electron chi connectivity index (χ0n) is 14.5. The third kappa shape index (κ3) is 5.14. The van der Waals surface area contributed by atoms with E-state index in [0.717, 1.165) is 0 Å². The van der Waals surface area contributed by atoms with Crippen molar-refractivity contribution < 1.29 is 24.0 Å². The maximum absolute atomic E-state index is 12.3. The summed E-state index contributed by atoms with van der Waals surface area (Å²) in [5, 5.41) is 10.6. The number of carbonyl (C=O) groups is 2. The van der Waals surface area contributed by atoms with Gasteiger partial charge in [0.25, 0.3) is 5.69 Å². The lowest BCUT2D eigenvalue weighted by atomic mass is 10.1. The maximum Gasteiger partial charge on any atom is 0.339 e. The molecule has 0 aromatic heterocycles. The Balaban J connectivity index is 2.05. The van der Waals surface area contributed by atoms with Crippen molar-refractivity contribution in [1.82, 2.24) is 0 Å². The fourth-order valence-corrected chi connectivity index (χ4v) is 2.10. The van der Waals surface area contributed by atoms with E-state index < -0.39 is 16.9 Å². The number of rotatable bonds is 7.